The minimum atomic E-state index is -2.99. The van der Waals surface area contributed by atoms with E-state index < -0.39 is 9.84 Å². The lowest BCUT2D eigenvalue weighted by Crippen LogP contribution is -2.11. The van der Waals surface area contributed by atoms with Crippen molar-refractivity contribution in [2.24, 2.45) is 0 Å². The predicted octanol–water partition coefficient (Wildman–Crippen LogP) is 3.97. The summed E-state index contributed by atoms with van der Waals surface area (Å²) in [4.78, 5) is 4.51. The van der Waals surface area contributed by atoms with E-state index in [4.69, 9.17) is 16.0 Å². The van der Waals surface area contributed by atoms with Gasteiger partial charge in [-0.2, -0.15) is 0 Å². The van der Waals surface area contributed by atoms with Gasteiger partial charge in [0.1, 0.15) is 12.1 Å². The highest BCUT2D eigenvalue weighted by atomic mass is 35.5. The molecule has 3 aromatic rings. The second-order valence-electron chi connectivity index (χ2n) is 6.78. The molecular formula is C19H19ClN4O3S2. The van der Waals surface area contributed by atoms with Crippen LogP contribution < -0.4 is 0 Å². The van der Waals surface area contributed by atoms with Gasteiger partial charge in [0.15, 0.2) is 15.0 Å². The second-order valence-corrected chi connectivity index (χ2v) is 10.4. The maximum atomic E-state index is 11.8. The second kappa shape index (κ2) is 8.33. The standard InChI is InChI=1S/C19H19ClN4O3S2/c1-2-7-24-17(14-6-8-29(25,26)12-14)22-23-19(24)28-11-16-10-27-18(21-16)13-4-3-5-15(20)9-13/h2-5,9-10,14H,1,6-8,11-12H2. The molecule has 10 heteroatoms. The topological polar surface area (TPSA) is 90.9 Å². The maximum Gasteiger partial charge on any atom is 0.226 e. The molecule has 0 bridgehead atoms. The van der Waals surface area contributed by atoms with Crippen LogP contribution in [0.5, 0.6) is 0 Å². The number of sulfone groups is 1. The summed E-state index contributed by atoms with van der Waals surface area (Å²) >= 11 is 7.50. The van der Waals surface area contributed by atoms with Crippen LogP contribution in [0.25, 0.3) is 11.5 Å². The van der Waals surface area contributed by atoms with Gasteiger partial charge in [0.05, 0.1) is 17.2 Å². The molecule has 1 saturated heterocycles. The number of rotatable bonds is 7. The molecule has 1 aliphatic rings. The first kappa shape index (κ1) is 20.2. The van der Waals surface area contributed by atoms with Crippen LogP contribution in [0.1, 0.15) is 23.9 Å². The molecule has 0 aliphatic carbocycles. The van der Waals surface area contributed by atoms with E-state index in [1.807, 2.05) is 16.7 Å². The van der Waals surface area contributed by atoms with Gasteiger partial charge in [-0.3, -0.25) is 0 Å². The van der Waals surface area contributed by atoms with E-state index in [-0.39, 0.29) is 17.4 Å². The van der Waals surface area contributed by atoms with Crippen LogP contribution in [-0.4, -0.2) is 39.7 Å². The van der Waals surface area contributed by atoms with Gasteiger partial charge in [0.2, 0.25) is 5.89 Å². The van der Waals surface area contributed by atoms with E-state index in [9.17, 15) is 8.42 Å². The van der Waals surface area contributed by atoms with Crippen LogP contribution in [0.4, 0.5) is 0 Å². The summed E-state index contributed by atoms with van der Waals surface area (Å²) in [5, 5.41) is 9.88. The molecule has 4 rings (SSSR count). The molecule has 1 atom stereocenters. The van der Waals surface area contributed by atoms with E-state index in [1.54, 1.807) is 24.5 Å². The fourth-order valence-corrected chi connectivity index (χ4v) is 6.04. The van der Waals surface area contributed by atoms with Gasteiger partial charge >= 0.3 is 0 Å². The number of hydrogen-bond acceptors (Lipinski definition) is 7. The van der Waals surface area contributed by atoms with Crippen molar-refractivity contribution in [1.29, 1.82) is 0 Å². The highest BCUT2D eigenvalue weighted by Crippen LogP contribution is 2.31. The van der Waals surface area contributed by atoms with Crippen molar-refractivity contribution >= 4 is 33.2 Å². The Morgan fingerprint density at radius 3 is 2.97 bits per heavy atom. The van der Waals surface area contributed by atoms with Crippen molar-refractivity contribution in [3.05, 3.63) is 59.7 Å². The van der Waals surface area contributed by atoms with E-state index in [1.165, 1.54) is 11.8 Å². The highest BCUT2D eigenvalue weighted by molar-refractivity contribution is 7.98. The molecule has 0 N–H and O–H groups in total. The molecule has 1 aliphatic heterocycles. The molecule has 2 aromatic heterocycles. The molecule has 29 heavy (non-hydrogen) atoms. The maximum absolute atomic E-state index is 11.8. The molecule has 0 radical (unpaired) electrons. The molecule has 152 valence electrons. The van der Waals surface area contributed by atoms with E-state index in [0.29, 0.717) is 40.6 Å². The van der Waals surface area contributed by atoms with Gasteiger partial charge in [-0.05, 0) is 24.6 Å². The van der Waals surface area contributed by atoms with Crippen LogP contribution in [0, 0.1) is 0 Å². The van der Waals surface area contributed by atoms with Crippen molar-refractivity contribution < 1.29 is 12.8 Å². The number of benzene rings is 1. The summed E-state index contributed by atoms with van der Waals surface area (Å²) < 4.78 is 31.2. The zero-order valence-corrected chi connectivity index (χ0v) is 17.9. The number of hydrogen-bond donors (Lipinski definition) is 0. The number of nitrogens with zero attached hydrogens (tertiary/aromatic N) is 4. The first-order valence-corrected chi connectivity index (χ1v) is 12.2. The molecule has 3 heterocycles. The Morgan fingerprint density at radius 2 is 2.24 bits per heavy atom. The monoisotopic (exact) mass is 450 g/mol. The van der Waals surface area contributed by atoms with Crippen molar-refractivity contribution in [1.82, 2.24) is 19.7 Å². The molecule has 1 fully saturated rings. The third-order valence-electron chi connectivity index (χ3n) is 4.63. The number of oxazole rings is 1. The zero-order chi connectivity index (χ0) is 20.4. The smallest absolute Gasteiger partial charge is 0.226 e. The van der Waals surface area contributed by atoms with Crippen LogP contribution in [-0.2, 0) is 22.1 Å². The molecule has 0 saturated carbocycles. The number of allylic oxidation sites excluding steroid dienone is 1. The average molecular weight is 451 g/mol. The van der Waals surface area contributed by atoms with Gasteiger partial charge in [-0.15, -0.1) is 16.8 Å². The SMILES string of the molecule is C=CCn1c(SCc2coc(-c3cccc(Cl)c3)n2)nnc1C1CCS(=O)(=O)C1. The minimum Gasteiger partial charge on any atom is -0.444 e. The Kier molecular flexibility index (Phi) is 5.80. The molecule has 0 spiro atoms. The Balaban J connectivity index is 1.49. The quantitative estimate of drug-likeness (QED) is 0.397. The summed E-state index contributed by atoms with van der Waals surface area (Å²) in [7, 11) is -2.99. The summed E-state index contributed by atoms with van der Waals surface area (Å²) in [6.45, 7) is 4.31. The first-order chi connectivity index (χ1) is 13.9. The number of thioether (sulfide) groups is 1. The highest BCUT2D eigenvalue weighted by Gasteiger charge is 2.33. The normalized spacial score (nSPS) is 18.2. The molecule has 1 aromatic carbocycles. The Morgan fingerprint density at radius 1 is 1.38 bits per heavy atom. The minimum absolute atomic E-state index is 0.122. The number of aromatic nitrogens is 4. The van der Waals surface area contributed by atoms with Crippen LogP contribution in [0.3, 0.4) is 0 Å². The lowest BCUT2D eigenvalue weighted by Gasteiger charge is -2.10. The van der Waals surface area contributed by atoms with E-state index in [0.717, 1.165) is 11.3 Å². The fourth-order valence-electron chi connectivity index (χ4n) is 3.27. The van der Waals surface area contributed by atoms with Gasteiger partial charge in [-0.25, -0.2) is 13.4 Å². The molecule has 1 unspecified atom stereocenters. The van der Waals surface area contributed by atoms with Gasteiger partial charge in [0.25, 0.3) is 0 Å². The third kappa shape index (κ3) is 4.57. The molecule has 7 nitrogen and oxygen atoms in total. The van der Waals surface area contributed by atoms with Crippen LogP contribution in [0.2, 0.25) is 5.02 Å². The predicted molar refractivity (Wildman–Crippen MR) is 113 cm³/mol. The van der Waals surface area contributed by atoms with Crippen LogP contribution in [0.15, 0.2) is 52.8 Å². The fraction of sp³-hybridized carbons (Fsp3) is 0.316. The Hall–Kier alpha value is -2.10. The Labute approximate surface area is 178 Å². The first-order valence-electron chi connectivity index (χ1n) is 9.03. The summed E-state index contributed by atoms with van der Waals surface area (Å²) in [5.74, 6) is 1.96. The van der Waals surface area contributed by atoms with Crippen molar-refractivity contribution in [3.63, 3.8) is 0 Å². The van der Waals surface area contributed by atoms with E-state index >= 15 is 0 Å². The van der Waals surface area contributed by atoms with Crippen LogP contribution >= 0.6 is 23.4 Å². The van der Waals surface area contributed by atoms with Gasteiger partial charge in [-0.1, -0.05) is 35.5 Å². The zero-order valence-electron chi connectivity index (χ0n) is 15.5. The number of halogens is 1. The van der Waals surface area contributed by atoms with Crippen molar-refractivity contribution in [2.75, 3.05) is 11.5 Å². The lowest BCUT2D eigenvalue weighted by molar-refractivity contribution is 0.573. The lowest BCUT2D eigenvalue weighted by atomic mass is 10.1. The Bertz CT molecular complexity index is 1140. The largest absolute Gasteiger partial charge is 0.444 e. The van der Waals surface area contributed by atoms with Gasteiger partial charge in [0, 0.05) is 28.8 Å². The van der Waals surface area contributed by atoms with Gasteiger partial charge < -0.3 is 8.98 Å². The molecular weight excluding hydrogens is 432 g/mol. The summed E-state index contributed by atoms with van der Waals surface area (Å²) in [6.07, 6.45) is 3.95. The van der Waals surface area contributed by atoms with Crippen molar-refractivity contribution in [3.8, 4) is 11.5 Å². The third-order valence-corrected chi connectivity index (χ3v) is 7.63. The van der Waals surface area contributed by atoms with Crippen molar-refractivity contribution in [2.45, 2.75) is 29.8 Å². The summed E-state index contributed by atoms with van der Waals surface area (Å²) in [6, 6.07) is 7.33. The van der Waals surface area contributed by atoms with E-state index in [2.05, 4.69) is 21.8 Å². The molecule has 0 amide bonds. The summed E-state index contributed by atoms with van der Waals surface area (Å²) in [5.41, 5.74) is 1.58. The average Bonchev–Trinajstić information content (AvgIpc) is 3.39.